The third-order valence-corrected chi connectivity index (χ3v) is 2.19. The fraction of sp³-hybridized carbons (Fsp3) is 0.143. The average molecular weight is 197 g/mol. The number of rotatable bonds is 4. The van der Waals surface area contributed by atoms with Crippen LogP contribution in [0.3, 0.4) is 0 Å². The van der Waals surface area contributed by atoms with Gasteiger partial charge in [-0.2, -0.15) is 0 Å². The summed E-state index contributed by atoms with van der Waals surface area (Å²) in [6.45, 7) is 0.716. The standard InChI is InChI=1S/C14H13O/c1-3-7-13(8-4-1)11-12-15-14-9-5-2-6-10-14/h2-10H,11-12H2. The van der Waals surface area contributed by atoms with Crippen LogP contribution in [-0.4, -0.2) is 6.61 Å². The van der Waals surface area contributed by atoms with Gasteiger partial charge in [-0.1, -0.05) is 42.5 Å². The van der Waals surface area contributed by atoms with Crippen molar-refractivity contribution in [3.63, 3.8) is 0 Å². The van der Waals surface area contributed by atoms with Gasteiger partial charge in [-0.05, 0) is 23.8 Å². The Kier molecular flexibility index (Phi) is 3.39. The lowest BCUT2D eigenvalue weighted by Crippen LogP contribution is -2.00. The molecule has 1 nitrogen and oxygen atoms in total. The molecule has 2 rings (SSSR count). The maximum atomic E-state index is 5.60. The van der Waals surface area contributed by atoms with E-state index < -0.39 is 0 Å². The molecule has 0 unspecified atom stereocenters. The second-order valence-electron chi connectivity index (χ2n) is 3.32. The number of para-hydroxylation sites is 1. The smallest absolute Gasteiger partial charge is 0.119 e. The summed E-state index contributed by atoms with van der Waals surface area (Å²) < 4.78 is 5.60. The van der Waals surface area contributed by atoms with Crippen LogP contribution in [0.15, 0.2) is 54.6 Å². The zero-order valence-electron chi connectivity index (χ0n) is 8.52. The molecule has 0 N–H and O–H groups in total. The highest BCUT2D eigenvalue weighted by Crippen LogP contribution is 2.09. The van der Waals surface area contributed by atoms with Gasteiger partial charge in [-0.15, -0.1) is 0 Å². The summed E-state index contributed by atoms with van der Waals surface area (Å²) in [5.41, 5.74) is 1.28. The molecule has 0 saturated heterocycles. The first kappa shape index (κ1) is 9.78. The number of ether oxygens (including phenoxy) is 1. The highest BCUT2D eigenvalue weighted by atomic mass is 16.5. The second-order valence-corrected chi connectivity index (χ2v) is 3.32. The van der Waals surface area contributed by atoms with Crippen molar-refractivity contribution >= 4 is 0 Å². The molecule has 0 heterocycles. The normalized spacial score (nSPS) is 9.87. The van der Waals surface area contributed by atoms with Crippen LogP contribution in [0.5, 0.6) is 5.75 Å². The summed E-state index contributed by atoms with van der Waals surface area (Å²) in [7, 11) is 0. The van der Waals surface area contributed by atoms with Crippen LogP contribution in [0, 0.1) is 6.07 Å². The summed E-state index contributed by atoms with van der Waals surface area (Å²) in [6, 6.07) is 20.9. The van der Waals surface area contributed by atoms with Crippen LogP contribution in [0.25, 0.3) is 0 Å². The van der Waals surface area contributed by atoms with Crippen molar-refractivity contribution < 1.29 is 4.74 Å². The van der Waals surface area contributed by atoms with Gasteiger partial charge in [0.2, 0.25) is 0 Å². The Hall–Kier alpha value is -1.76. The lowest BCUT2D eigenvalue weighted by atomic mass is 10.2. The van der Waals surface area contributed by atoms with Crippen LogP contribution >= 0.6 is 0 Å². The minimum Gasteiger partial charge on any atom is -0.493 e. The molecule has 2 aromatic carbocycles. The molecule has 0 fully saturated rings. The number of hydrogen-bond donors (Lipinski definition) is 0. The van der Waals surface area contributed by atoms with Gasteiger partial charge in [-0.3, -0.25) is 0 Å². The topological polar surface area (TPSA) is 9.23 Å². The molecule has 1 radical (unpaired) electrons. The van der Waals surface area contributed by atoms with Crippen LogP contribution in [-0.2, 0) is 6.42 Å². The van der Waals surface area contributed by atoms with E-state index in [0.717, 1.165) is 12.2 Å². The molecule has 0 spiro atoms. The Morgan fingerprint density at radius 1 is 0.933 bits per heavy atom. The predicted octanol–water partition coefficient (Wildman–Crippen LogP) is 3.11. The first-order valence-electron chi connectivity index (χ1n) is 5.08. The van der Waals surface area contributed by atoms with E-state index in [9.17, 15) is 0 Å². The largest absolute Gasteiger partial charge is 0.493 e. The molecule has 0 aliphatic heterocycles. The van der Waals surface area contributed by atoms with Gasteiger partial charge < -0.3 is 4.74 Å². The van der Waals surface area contributed by atoms with Crippen LogP contribution in [0.2, 0.25) is 0 Å². The monoisotopic (exact) mass is 197 g/mol. The van der Waals surface area contributed by atoms with Gasteiger partial charge in [0.25, 0.3) is 0 Å². The summed E-state index contributed by atoms with van der Waals surface area (Å²) in [5.74, 6) is 0.931. The van der Waals surface area contributed by atoms with Gasteiger partial charge in [0.15, 0.2) is 0 Å². The molecular weight excluding hydrogens is 184 g/mol. The minimum absolute atomic E-state index is 0.716. The van der Waals surface area contributed by atoms with E-state index in [1.807, 2.05) is 42.5 Å². The minimum atomic E-state index is 0.716. The molecule has 0 aliphatic carbocycles. The maximum absolute atomic E-state index is 5.60. The van der Waals surface area contributed by atoms with Crippen molar-refractivity contribution in [3.05, 3.63) is 66.2 Å². The Morgan fingerprint density at radius 2 is 1.67 bits per heavy atom. The van der Waals surface area contributed by atoms with Crippen molar-refractivity contribution in [2.24, 2.45) is 0 Å². The molecule has 1 heteroatoms. The molecule has 15 heavy (non-hydrogen) atoms. The zero-order chi connectivity index (χ0) is 10.3. The van der Waals surface area contributed by atoms with E-state index in [2.05, 4.69) is 18.2 Å². The Labute approximate surface area is 90.3 Å². The summed E-state index contributed by atoms with van der Waals surface area (Å²) >= 11 is 0. The average Bonchev–Trinajstić information content (AvgIpc) is 2.32. The predicted molar refractivity (Wildman–Crippen MR) is 60.9 cm³/mol. The molecular formula is C14H13O. The lowest BCUT2D eigenvalue weighted by Gasteiger charge is -2.05. The van der Waals surface area contributed by atoms with Crippen LogP contribution in [0.1, 0.15) is 5.56 Å². The first-order chi connectivity index (χ1) is 7.45. The Bertz CT molecular complexity index is 341. The lowest BCUT2D eigenvalue weighted by molar-refractivity contribution is 0.322. The van der Waals surface area contributed by atoms with E-state index in [4.69, 9.17) is 4.74 Å². The quantitative estimate of drug-likeness (QED) is 0.731. The fourth-order valence-corrected chi connectivity index (χ4v) is 1.39. The zero-order valence-corrected chi connectivity index (χ0v) is 8.52. The van der Waals surface area contributed by atoms with E-state index >= 15 is 0 Å². The number of hydrogen-bond acceptors (Lipinski definition) is 1. The SMILES string of the molecule is [c]1ccc(CCOc2ccccc2)cc1. The van der Waals surface area contributed by atoms with Crippen molar-refractivity contribution in [1.29, 1.82) is 0 Å². The van der Waals surface area contributed by atoms with Gasteiger partial charge in [0.05, 0.1) is 6.61 Å². The highest BCUT2D eigenvalue weighted by molar-refractivity contribution is 5.21. The number of benzene rings is 2. The maximum Gasteiger partial charge on any atom is 0.119 e. The Balaban J connectivity index is 1.81. The molecule has 0 amide bonds. The summed E-state index contributed by atoms with van der Waals surface area (Å²) in [5, 5.41) is 0. The van der Waals surface area contributed by atoms with Gasteiger partial charge in [-0.25, -0.2) is 0 Å². The highest BCUT2D eigenvalue weighted by Gasteiger charge is 1.93. The van der Waals surface area contributed by atoms with E-state index in [1.54, 1.807) is 0 Å². The molecule has 0 atom stereocenters. The van der Waals surface area contributed by atoms with Gasteiger partial charge in [0, 0.05) is 6.42 Å². The molecule has 75 valence electrons. The molecule has 0 aliphatic rings. The van der Waals surface area contributed by atoms with E-state index in [-0.39, 0.29) is 0 Å². The van der Waals surface area contributed by atoms with Gasteiger partial charge >= 0.3 is 0 Å². The van der Waals surface area contributed by atoms with Gasteiger partial charge in [0.1, 0.15) is 5.75 Å². The fourth-order valence-electron chi connectivity index (χ4n) is 1.39. The van der Waals surface area contributed by atoms with Crippen molar-refractivity contribution in [2.45, 2.75) is 6.42 Å². The molecule has 0 aromatic heterocycles. The first-order valence-corrected chi connectivity index (χ1v) is 5.08. The third kappa shape index (κ3) is 3.13. The molecule has 0 bridgehead atoms. The van der Waals surface area contributed by atoms with E-state index in [1.165, 1.54) is 5.56 Å². The van der Waals surface area contributed by atoms with Crippen LogP contribution < -0.4 is 4.74 Å². The third-order valence-electron chi connectivity index (χ3n) is 2.19. The molecule has 2 aromatic rings. The van der Waals surface area contributed by atoms with Crippen molar-refractivity contribution in [3.8, 4) is 5.75 Å². The summed E-state index contributed by atoms with van der Waals surface area (Å²) in [4.78, 5) is 0. The molecule has 0 saturated carbocycles. The second kappa shape index (κ2) is 5.20. The van der Waals surface area contributed by atoms with E-state index in [0.29, 0.717) is 6.61 Å². The summed E-state index contributed by atoms with van der Waals surface area (Å²) in [6.07, 6.45) is 0.934. The van der Waals surface area contributed by atoms with Crippen LogP contribution in [0.4, 0.5) is 0 Å². The van der Waals surface area contributed by atoms with Crippen molar-refractivity contribution in [2.75, 3.05) is 6.61 Å². The Morgan fingerprint density at radius 3 is 2.40 bits per heavy atom. The van der Waals surface area contributed by atoms with Crippen molar-refractivity contribution in [1.82, 2.24) is 0 Å².